The minimum atomic E-state index is -3.58. The summed E-state index contributed by atoms with van der Waals surface area (Å²) in [7, 11) is -3.58. The molecule has 0 fully saturated rings. The van der Waals surface area contributed by atoms with Crippen molar-refractivity contribution in [2.45, 2.75) is 24.9 Å². The molecule has 20 heavy (non-hydrogen) atoms. The highest BCUT2D eigenvalue weighted by Crippen LogP contribution is 2.11. The van der Waals surface area contributed by atoms with Crippen molar-refractivity contribution in [1.82, 2.24) is 30.2 Å². The summed E-state index contributed by atoms with van der Waals surface area (Å²) >= 11 is 0. The molecule has 2 aromatic heterocycles. The van der Waals surface area contributed by atoms with Crippen LogP contribution in [0, 0.1) is 0 Å². The van der Waals surface area contributed by atoms with E-state index in [1.807, 2.05) is 6.92 Å². The number of nitrogens with zero attached hydrogens (tertiary/aromatic N) is 2. The maximum atomic E-state index is 12.2. The van der Waals surface area contributed by atoms with E-state index in [1.54, 1.807) is 12.4 Å². The summed E-state index contributed by atoms with van der Waals surface area (Å²) in [6.45, 7) is 3.45. The fraction of sp³-hybridized carbons (Fsp3) is 0.455. The topological polar surface area (TPSA) is 116 Å². The lowest BCUT2D eigenvalue weighted by molar-refractivity contribution is 0.574. The summed E-state index contributed by atoms with van der Waals surface area (Å²) in [5.41, 5.74) is 0.623. The number of nitrogens with one attached hydrogen (secondary N) is 4. The van der Waals surface area contributed by atoms with E-state index in [-0.39, 0.29) is 11.6 Å². The van der Waals surface area contributed by atoms with Gasteiger partial charge in [0.25, 0.3) is 10.0 Å². The van der Waals surface area contributed by atoms with E-state index in [1.165, 1.54) is 6.20 Å². The van der Waals surface area contributed by atoms with Gasteiger partial charge in [0, 0.05) is 37.5 Å². The summed E-state index contributed by atoms with van der Waals surface area (Å²) in [4.78, 5) is 6.96. The van der Waals surface area contributed by atoms with Gasteiger partial charge < -0.3 is 10.3 Å². The van der Waals surface area contributed by atoms with Gasteiger partial charge in [0.1, 0.15) is 5.82 Å². The predicted octanol–water partition coefficient (Wildman–Crippen LogP) is -0.237. The van der Waals surface area contributed by atoms with Gasteiger partial charge in [-0.25, -0.2) is 18.1 Å². The summed E-state index contributed by atoms with van der Waals surface area (Å²) in [5, 5.41) is 9.51. The normalized spacial score (nSPS) is 11.8. The van der Waals surface area contributed by atoms with Crippen molar-refractivity contribution in [2.24, 2.45) is 0 Å². The van der Waals surface area contributed by atoms with E-state index in [0.717, 1.165) is 12.4 Å². The Labute approximate surface area is 117 Å². The summed E-state index contributed by atoms with van der Waals surface area (Å²) in [6.07, 6.45) is 5.35. The average Bonchev–Trinajstić information content (AvgIpc) is 3.07. The molecule has 0 aliphatic heterocycles. The molecule has 0 saturated carbocycles. The molecular weight excluding hydrogens is 280 g/mol. The van der Waals surface area contributed by atoms with Crippen LogP contribution in [0.4, 0.5) is 0 Å². The van der Waals surface area contributed by atoms with E-state index in [9.17, 15) is 8.42 Å². The first-order chi connectivity index (χ1) is 9.63. The second-order valence-electron chi connectivity index (χ2n) is 4.19. The van der Waals surface area contributed by atoms with Crippen LogP contribution in [-0.2, 0) is 23.0 Å². The van der Waals surface area contributed by atoms with Crippen LogP contribution in [0.25, 0.3) is 0 Å². The maximum absolute atomic E-state index is 12.2. The standard InChI is InChI=1S/C11H18N6O2S/c1-2-12-7-9-8-15-17-11(9)20(18,19)16-4-3-10-13-5-6-14-10/h5-6,8,12,16H,2-4,7H2,1H3,(H,13,14)(H,15,17). The summed E-state index contributed by atoms with van der Waals surface area (Å²) < 4.78 is 26.9. The molecule has 0 radical (unpaired) electrons. The zero-order chi connectivity index (χ0) is 14.4. The summed E-state index contributed by atoms with van der Waals surface area (Å²) in [6, 6.07) is 0. The maximum Gasteiger partial charge on any atom is 0.257 e. The Morgan fingerprint density at radius 1 is 1.40 bits per heavy atom. The highest BCUT2D eigenvalue weighted by atomic mass is 32.2. The molecule has 4 N–H and O–H groups in total. The molecule has 2 heterocycles. The van der Waals surface area contributed by atoms with Gasteiger partial charge in [-0.3, -0.25) is 5.10 Å². The predicted molar refractivity (Wildman–Crippen MR) is 73.4 cm³/mol. The van der Waals surface area contributed by atoms with Crippen LogP contribution in [0.1, 0.15) is 18.3 Å². The fourth-order valence-electron chi connectivity index (χ4n) is 1.73. The molecule has 0 spiro atoms. The largest absolute Gasteiger partial charge is 0.349 e. The van der Waals surface area contributed by atoms with Gasteiger partial charge >= 0.3 is 0 Å². The summed E-state index contributed by atoms with van der Waals surface area (Å²) in [5.74, 6) is 0.741. The third-order valence-electron chi connectivity index (χ3n) is 2.72. The molecule has 0 aliphatic rings. The average molecular weight is 298 g/mol. The van der Waals surface area contributed by atoms with E-state index >= 15 is 0 Å². The van der Waals surface area contributed by atoms with Gasteiger partial charge in [-0.05, 0) is 6.54 Å². The highest BCUT2D eigenvalue weighted by molar-refractivity contribution is 7.89. The van der Waals surface area contributed by atoms with Crippen molar-refractivity contribution in [3.05, 3.63) is 30.0 Å². The molecule has 9 heteroatoms. The Kier molecular flexibility index (Phi) is 4.88. The van der Waals surface area contributed by atoms with Crippen LogP contribution in [0.2, 0.25) is 0 Å². The van der Waals surface area contributed by atoms with E-state index in [0.29, 0.717) is 18.5 Å². The van der Waals surface area contributed by atoms with Gasteiger partial charge in [0.2, 0.25) is 0 Å². The Bertz CT molecular complexity index is 619. The molecular formula is C11H18N6O2S. The number of hydrogen-bond acceptors (Lipinski definition) is 5. The van der Waals surface area contributed by atoms with Crippen molar-refractivity contribution < 1.29 is 8.42 Å². The van der Waals surface area contributed by atoms with E-state index in [4.69, 9.17) is 0 Å². The zero-order valence-corrected chi connectivity index (χ0v) is 12.0. The van der Waals surface area contributed by atoms with Crippen LogP contribution < -0.4 is 10.0 Å². The molecule has 0 saturated heterocycles. The van der Waals surface area contributed by atoms with Crippen molar-refractivity contribution in [1.29, 1.82) is 0 Å². The van der Waals surface area contributed by atoms with Gasteiger partial charge in [0.05, 0.1) is 6.20 Å². The molecule has 2 rings (SSSR count). The highest BCUT2D eigenvalue weighted by Gasteiger charge is 2.20. The van der Waals surface area contributed by atoms with Gasteiger partial charge in [-0.15, -0.1) is 0 Å². The molecule has 0 atom stereocenters. The number of rotatable bonds is 8. The van der Waals surface area contributed by atoms with Crippen LogP contribution >= 0.6 is 0 Å². The molecule has 110 valence electrons. The second kappa shape index (κ2) is 6.64. The number of H-pyrrole nitrogens is 2. The lowest BCUT2D eigenvalue weighted by Crippen LogP contribution is -2.28. The number of sulfonamides is 1. The Hall–Kier alpha value is -1.71. The van der Waals surface area contributed by atoms with E-state index in [2.05, 4.69) is 30.2 Å². The lowest BCUT2D eigenvalue weighted by Gasteiger charge is -2.06. The number of hydrogen-bond donors (Lipinski definition) is 4. The van der Waals surface area contributed by atoms with Crippen molar-refractivity contribution in [2.75, 3.05) is 13.1 Å². The molecule has 0 unspecified atom stereocenters. The minimum Gasteiger partial charge on any atom is -0.349 e. The van der Waals surface area contributed by atoms with Gasteiger partial charge in [-0.2, -0.15) is 5.10 Å². The Morgan fingerprint density at radius 3 is 2.95 bits per heavy atom. The number of imidazole rings is 1. The molecule has 0 amide bonds. The van der Waals surface area contributed by atoms with Gasteiger partial charge in [0.15, 0.2) is 5.03 Å². The first-order valence-corrected chi connectivity index (χ1v) is 7.82. The van der Waals surface area contributed by atoms with Crippen LogP contribution in [0.15, 0.2) is 23.6 Å². The van der Waals surface area contributed by atoms with Crippen molar-refractivity contribution in [3.8, 4) is 0 Å². The molecule has 0 bridgehead atoms. The van der Waals surface area contributed by atoms with Crippen LogP contribution in [0.3, 0.4) is 0 Å². The second-order valence-corrected chi connectivity index (χ2v) is 5.89. The molecule has 0 aromatic carbocycles. The number of aromatic nitrogens is 4. The Morgan fingerprint density at radius 2 is 2.25 bits per heavy atom. The first kappa shape index (κ1) is 14.7. The smallest absolute Gasteiger partial charge is 0.257 e. The van der Waals surface area contributed by atoms with Crippen molar-refractivity contribution >= 4 is 10.0 Å². The van der Waals surface area contributed by atoms with E-state index < -0.39 is 10.0 Å². The lowest BCUT2D eigenvalue weighted by atomic mass is 10.3. The Balaban J connectivity index is 1.97. The minimum absolute atomic E-state index is 0.109. The quantitative estimate of drug-likeness (QED) is 0.537. The monoisotopic (exact) mass is 298 g/mol. The fourth-order valence-corrected chi connectivity index (χ4v) is 2.89. The third kappa shape index (κ3) is 3.65. The first-order valence-electron chi connectivity index (χ1n) is 6.34. The SMILES string of the molecule is CCNCc1cn[nH]c1S(=O)(=O)NCCc1ncc[nH]1. The van der Waals surface area contributed by atoms with Crippen LogP contribution in [-0.4, -0.2) is 41.7 Å². The van der Waals surface area contributed by atoms with Crippen molar-refractivity contribution in [3.63, 3.8) is 0 Å². The third-order valence-corrected chi connectivity index (χ3v) is 4.20. The zero-order valence-electron chi connectivity index (χ0n) is 11.2. The molecule has 8 nitrogen and oxygen atoms in total. The number of aromatic amines is 2. The molecule has 0 aliphatic carbocycles. The molecule has 2 aromatic rings. The van der Waals surface area contributed by atoms with Gasteiger partial charge in [-0.1, -0.05) is 6.92 Å². The van der Waals surface area contributed by atoms with Crippen LogP contribution in [0.5, 0.6) is 0 Å².